The predicted octanol–water partition coefficient (Wildman–Crippen LogP) is 3.16. The van der Waals surface area contributed by atoms with E-state index < -0.39 is 29.0 Å². The first-order valence-electron chi connectivity index (χ1n) is 8.14. The van der Waals surface area contributed by atoms with Crippen LogP contribution in [0.5, 0.6) is 5.75 Å². The number of nitrogens with zero attached hydrogens (tertiary/aromatic N) is 2. The van der Waals surface area contributed by atoms with E-state index in [1.165, 1.54) is 49.4 Å². The van der Waals surface area contributed by atoms with Crippen molar-refractivity contribution in [2.45, 2.75) is 25.6 Å². The molecule has 2 aromatic carbocycles. The quantitative estimate of drug-likeness (QED) is 0.463. The highest BCUT2D eigenvalue weighted by molar-refractivity contribution is 6.07. The van der Waals surface area contributed by atoms with Crippen molar-refractivity contribution >= 4 is 17.6 Å². The second-order valence-electron chi connectivity index (χ2n) is 6.24. The van der Waals surface area contributed by atoms with E-state index in [0.29, 0.717) is 5.56 Å². The monoisotopic (exact) mass is 391 g/mol. The Morgan fingerprint density at radius 3 is 2.43 bits per heavy atom. The molecule has 2 aromatic rings. The second-order valence-corrected chi connectivity index (χ2v) is 6.24. The van der Waals surface area contributed by atoms with Gasteiger partial charge < -0.3 is 10.1 Å². The number of carbonyl (C=O) groups excluding carboxylic acids is 2. The maximum atomic E-state index is 12.9. The van der Waals surface area contributed by atoms with Crippen molar-refractivity contribution in [1.82, 2.24) is 10.2 Å². The molecular weight excluding hydrogens is 376 g/mol. The maximum Gasteiger partial charge on any atom is 0.387 e. The molecule has 1 saturated heterocycles. The van der Waals surface area contributed by atoms with E-state index in [2.05, 4.69) is 10.1 Å². The van der Waals surface area contributed by atoms with Crippen LogP contribution in [0.25, 0.3) is 0 Å². The van der Waals surface area contributed by atoms with Crippen LogP contribution in [0.15, 0.2) is 48.5 Å². The van der Waals surface area contributed by atoms with Gasteiger partial charge in [-0.05, 0) is 30.7 Å². The molecule has 0 radical (unpaired) electrons. The van der Waals surface area contributed by atoms with Crippen molar-refractivity contribution in [2.75, 3.05) is 0 Å². The number of non-ortho nitro benzene ring substituents is 1. The number of hydrogen-bond acceptors (Lipinski definition) is 5. The molecule has 10 heteroatoms. The number of nitrogens with one attached hydrogen (secondary N) is 1. The number of amides is 3. The van der Waals surface area contributed by atoms with Gasteiger partial charge in [0.05, 0.1) is 11.5 Å². The first kappa shape index (κ1) is 19.2. The van der Waals surface area contributed by atoms with Gasteiger partial charge in [-0.15, -0.1) is 0 Å². The third kappa shape index (κ3) is 3.48. The van der Waals surface area contributed by atoms with Crippen LogP contribution in [-0.2, 0) is 16.9 Å². The Hall–Kier alpha value is -3.56. The normalized spacial score (nSPS) is 19.1. The molecule has 146 valence electrons. The zero-order valence-corrected chi connectivity index (χ0v) is 14.6. The van der Waals surface area contributed by atoms with Crippen LogP contribution < -0.4 is 10.1 Å². The van der Waals surface area contributed by atoms with Crippen LogP contribution in [0.4, 0.5) is 19.3 Å². The number of nitro groups is 1. The Kier molecular flexibility index (Phi) is 4.95. The number of alkyl halides is 2. The molecule has 0 bridgehead atoms. The molecule has 3 rings (SSSR count). The first-order valence-corrected chi connectivity index (χ1v) is 8.14. The summed E-state index contributed by atoms with van der Waals surface area (Å²) in [6.07, 6.45) is 0. The number of urea groups is 1. The van der Waals surface area contributed by atoms with E-state index in [0.717, 1.165) is 4.90 Å². The number of imide groups is 1. The Morgan fingerprint density at radius 2 is 1.82 bits per heavy atom. The van der Waals surface area contributed by atoms with Crippen LogP contribution in [0.3, 0.4) is 0 Å². The van der Waals surface area contributed by atoms with Crippen LogP contribution in [0.1, 0.15) is 18.1 Å². The summed E-state index contributed by atoms with van der Waals surface area (Å²) in [5, 5.41) is 13.3. The summed E-state index contributed by atoms with van der Waals surface area (Å²) in [5.74, 6) is -0.750. The minimum Gasteiger partial charge on any atom is -0.434 e. The summed E-state index contributed by atoms with van der Waals surface area (Å²) in [4.78, 5) is 36.4. The number of para-hydroxylation sites is 1. The number of benzene rings is 2. The lowest BCUT2D eigenvalue weighted by atomic mass is 9.92. The zero-order chi connectivity index (χ0) is 20.5. The van der Waals surface area contributed by atoms with Crippen LogP contribution in [0.2, 0.25) is 0 Å². The highest BCUT2D eigenvalue weighted by Gasteiger charge is 2.49. The fourth-order valence-corrected chi connectivity index (χ4v) is 2.97. The number of carbonyl (C=O) groups is 2. The first-order chi connectivity index (χ1) is 13.2. The third-order valence-electron chi connectivity index (χ3n) is 4.45. The molecule has 1 N–H and O–H groups in total. The van der Waals surface area contributed by atoms with Gasteiger partial charge in [0.1, 0.15) is 11.3 Å². The van der Waals surface area contributed by atoms with Gasteiger partial charge in [-0.1, -0.05) is 18.2 Å². The topological polar surface area (TPSA) is 102 Å². The van der Waals surface area contributed by atoms with Crippen LogP contribution >= 0.6 is 0 Å². The largest absolute Gasteiger partial charge is 0.434 e. The highest BCUT2D eigenvalue weighted by atomic mass is 19.3. The fraction of sp³-hybridized carbons (Fsp3) is 0.222. The Labute approximate surface area is 157 Å². The van der Waals surface area contributed by atoms with Gasteiger partial charge in [0, 0.05) is 17.7 Å². The van der Waals surface area contributed by atoms with Crippen molar-refractivity contribution in [3.8, 4) is 5.75 Å². The molecule has 0 aromatic heterocycles. The molecule has 1 unspecified atom stereocenters. The Balaban J connectivity index is 1.87. The molecule has 28 heavy (non-hydrogen) atoms. The standard InChI is InChI=1S/C18H15F2N3O5/c1-18(12-6-8-13(9-7-12)23(26)27)15(24)22(17(25)21-18)10-11-4-2-3-5-14(11)28-16(19)20/h2-9,16H,10H2,1H3,(H,21,25). The maximum absolute atomic E-state index is 12.9. The third-order valence-corrected chi connectivity index (χ3v) is 4.45. The summed E-state index contributed by atoms with van der Waals surface area (Å²) in [6, 6.07) is 10.4. The number of halogens is 2. The minimum absolute atomic E-state index is 0.137. The smallest absolute Gasteiger partial charge is 0.387 e. The highest BCUT2D eigenvalue weighted by Crippen LogP contribution is 2.32. The van der Waals surface area contributed by atoms with Gasteiger partial charge in [0.25, 0.3) is 11.6 Å². The molecule has 3 amide bonds. The van der Waals surface area contributed by atoms with Crippen molar-refractivity contribution in [1.29, 1.82) is 0 Å². The minimum atomic E-state index is -3.05. The van der Waals surface area contributed by atoms with Gasteiger partial charge in [0.2, 0.25) is 0 Å². The van der Waals surface area contributed by atoms with Gasteiger partial charge in [-0.2, -0.15) is 8.78 Å². The molecule has 0 saturated carbocycles. The van der Waals surface area contributed by atoms with Crippen molar-refractivity contribution < 1.29 is 28.0 Å². The lowest BCUT2D eigenvalue weighted by Crippen LogP contribution is -2.40. The van der Waals surface area contributed by atoms with Gasteiger partial charge >= 0.3 is 12.6 Å². The van der Waals surface area contributed by atoms with Crippen LogP contribution in [-0.4, -0.2) is 28.4 Å². The molecule has 1 fully saturated rings. The summed E-state index contributed by atoms with van der Waals surface area (Å²) < 4.78 is 29.6. The Bertz CT molecular complexity index is 935. The number of rotatable bonds is 6. The van der Waals surface area contributed by atoms with Crippen molar-refractivity contribution in [2.24, 2.45) is 0 Å². The van der Waals surface area contributed by atoms with Crippen LogP contribution in [0, 0.1) is 10.1 Å². The summed E-state index contributed by atoms with van der Waals surface area (Å²) >= 11 is 0. The molecule has 0 spiro atoms. The summed E-state index contributed by atoms with van der Waals surface area (Å²) in [5.41, 5.74) is -1.00. The molecule has 1 atom stereocenters. The lowest BCUT2D eigenvalue weighted by Gasteiger charge is -2.22. The zero-order valence-electron chi connectivity index (χ0n) is 14.6. The molecule has 1 aliphatic rings. The fourth-order valence-electron chi connectivity index (χ4n) is 2.97. The van der Waals surface area contributed by atoms with Crippen molar-refractivity contribution in [3.05, 3.63) is 69.8 Å². The number of nitro benzene ring substituents is 1. The SMILES string of the molecule is CC1(c2ccc([N+](=O)[O-])cc2)NC(=O)N(Cc2ccccc2OC(F)F)C1=O. The number of ether oxygens (including phenoxy) is 1. The average Bonchev–Trinajstić information content (AvgIpc) is 2.87. The molecule has 1 heterocycles. The second kappa shape index (κ2) is 7.22. The molecule has 8 nitrogen and oxygen atoms in total. The summed E-state index contributed by atoms with van der Waals surface area (Å²) in [7, 11) is 0. The summed E-state index contributed by atoms with van der Waals surface area (Å²) in [6.45, 7) is -1.85. The van der Waals surface area contributed by atoms with Crippen molar-refractivity contribution in [3.63, 3.8) is 0 Å². The van der Waals surface area contributed by atoms with E-state index >= 15 is 0 Å². The molecular formula is C18H15F2N3O5. The van der Waals surface area contributed by atoms with E-state index in [4.69, 9.17) is 0 Å². The molecule has 1 aliphatic heterocycles. The van der Waals surface area contributed by atoms with Gasteiger partial charge in [0.15, 0.2) is 0 Å². The number of hydrogen-bond donors (Lipinski definition) is 1. The molecule has 0 aliphatic carbocycles. The van der Waals surface area contributed by atoms with E-state index in [1.54, 1.807) is 6.07 Å². The average molecular weight is 391 g/mol. The van der Waals surface area contributed by atoms with E-state index in [1.807, 2.05) is 0 Å². The van der Waals surface area contributed by atoms with Gasteiger partial charge in [-0.25, -0.2) is 4.79 Å². The van der Waals surface area contributed by atoms with Gasteiger partial charge in [-0.3, -0.25) is 19.8 Å². The predicted molar refractivity (Wildman–Crippen MR) is 92.6 cm³/mol. The Morgan fingerprint density at radius 1 is 1.18 bits per heavy atom. The van der Waals surface area contributed by atoms with E-state index in [9.17, 15) is 28.5 Å². The lowest BCUT2D eigenvalue weighted by molar-refractivity contribution is -0.384. The van der Waals surface area contributed by atoms with E-state index in [-0.39, 0.29) is 23.5 Å².